The Morgan fingerprint density at radius 1 is 1.44 bits per heavy atom. The zero-order valence-corrected chi connectivity index (χ0v) is 15.1. The fourth-order valence-electron chi connectivity index (χ4n) is 2.74. The maximum absolute atomic E-state index is 12.9. The lowest BCUT2D eigenvalue weighted by molar-refractivity contribution is -0.130. The van der Waals surface area contributed by atoms with Crippen LogP contribution in [0.4, 0.5) is 5.95 Å². The standard InChI is InChI=1S/C17H20N6OS/c1-4-7-22(10-13-6-5-8-25-13)15(24)9-14-11(2)19-17-20-16(18)21-23(17)12(14)3/h4-6,8H,1,7,9-10H2,2-3H3,(H2,18,21). The van der Waals surface area contributed by atoms with Gasteiger partial charge in [-0.25, -0.2) is 4.98 Å². The number of nitrogen functional groups attached to an aromatic ring is 1. The summed E-state index contributed by atoms with van der Waals surface area (Å²) in [5.41, 5.74) is 8.10. The minimum Gasteiger partial charge on any atom is -0.366 e. The van der Waals surface area contributed by atoms with Crippen molar-refractivity contribution in [1.29, 1.82) is 0 Å². The second kappa shape index (κ2) is 7.02. The Kier molecular flexibility index (Phi) is 4.80. The van der Waals surface area contributed by atoms with Crippen LogP contribution in [0.5, 0.6) is 0 Å². The Balaban J connectivity index is 1.87. The number of carbonyl (C=O) groups excluding carboxylic acids is 1. The van der Waals surface area contributed by atoms with Crippen molar-refractivity contribution in [3.63, 3.8) is 0 Å². The summed E-state index contributed by atoms with van der Waals surface area (Å²) < 4.78 is 1.59. The fraction of sp³-hybridized carbons (Fsp3) is 0.294. The molecule has 0 spiro atoms. The molecular formula is C17H20N6OS. The van der Waals surface area contributed by atoms with Gasteiger partial charge in [0, 0.05) is 28.4 Å². The number of carbonyl (C=O) groups is 1. The van der Waals surface area contributed by atoms with E-state index in [1.807, 2.05) is 31.4 Å². The number of aryl methyl sites for hydroxylation is 2. The summed E-state index contributed by atoms with van der Waals surface area (Å²) in [5.74, 6) is 0.642. The first kappa shape index (κ1) is 17.1. The van der Waals surface area contributed by atoms with Crippen molar-refractivity contribution in [3.8, 4) is 0 Å². The molecule has 3 aromatic heterocycles. The average Bonchev–Trinajstić information content (AvgIpc) is 3.20. The van der Waals surface area contributed by atoms with Crippen molar-refractivity contribution in [3.05, 3.63) is 52.0 Å². The third-order valence-corrected chi connectivity index (χ3v) is 4.88. The van der Waals surface area contributed by atoms with Gasteiger partial charge >= 0.3 is 0 Å². The minimum absolute atomic E-state index is 0.0220. The molecule has 3 heterocycles. The quantitative estimate of drug-likeness (QED) is 0.684. The molecule has 0 bridgehead atoms. The van der Waals surface area contributed by atoms with Crippen molar-refractivity contribution >= 4 is 29.0 Å². The molecule has 130 valence electrons. The summed E-state index contributed by atoms with van der Waals surface area (Å²) in [5, 5.41) is 6.15. The van der Waals surface area contributed by atoms with Crippen LogP contribution in [0, 0.1) is 13.8 Å². The summed E-state index contributed by atoms with van der Waals surface area (Å²) in [6, 6.07) is 4.01. The molecule has 0 aliphatic carbocycles. The highest BCUT2D eigenvalue weighted by molar-refractivity contribution is 7.09. The Morgan fingerprint density at radius 2 is 2.24 bits per heavy atom. The van der Waals surface area contributed by atoms with Gasteiger partial charge in [-0.15, -0.1) is 23.0 Å². The Morgan fingerprint density at radius 3 is 2.92 bits per heavy atom. The lowest BCUT2D eigenvalue weighted by Gasteiger charge is -2.21. The predicted octanol–water partition coefficient (Wildman–Crippen LogP) is 2.14. The van der Waals surface area contributed by atoms with Gasteiger partial charge < -0.3 is 10.6 Å². The van der Waals surface area contributed by atoms with Gasteiger partial charge in [0.1, 0.15) is 0 Å². The Hall–Kier alpha value is -2.74. The van der Waals surface area contributed by atoms with Crippen molar-refractivity contribution in [2.24, 2.45) is 0 Å². The summed E-state index contributed by atoms with van der Waals surface area (Å²) in [6.07, 6.45) is 1.99. The number of anilines is 1. The van der Waals surface area contributed by atoms with Crippen molar-refractivity contribution in [1.82, 2.24) is 24.5 Å². The van der Waals surface area contributed by atoms with Crippen LogP contribution in [0.15, 0.2) is 30.2 Å². The van der Waals surface area contributed by atoms with Crippen LogP contribution in [0.25, 0.3) is 5.78 Å². The van der Waals surface area contributed by atoms with Gasteiger partial charge in [0.25, 0.3) is 5.78 Å². The van der Waals surface area contributed by atoms with E-state index in [2.05, 4.69) is 21.6 Å². The van der Waals surface area contributed by atoms with E-state index < -0.39 is 0 Å². The van der Waals surface area contributed by atoms with Crippen LogP contribution in [0.3, 0.4) is 0 Å². The van der Waals surface area contributed by atoms with Crippen molar-refractivity contribution < 1.29 is 4.79 Å². The second-order valence-corrected chi connectivity index (χ2v) is 6.79. The lowest BCUT2D eigenvalue weighted by Crippen LogP contribution is -2.32. The van der Waals surface area contributed by atoms with E-state index >= 15 is 0 Å². The van der Waals surface area contributed by atoms with Gasteiger partial charge in [0.15, 0.2) is 0 Å². The van der Waals surface area contributed by atoms with Crippen LogP contribution >= 0.6 is 11.3 Å². The van der Waals surface area contributed by atoms with E-state index in [1.54, 1.807) is 26.8 Å². The molecule has 0 aromatic carbocycles. The molecule has 25 heavy (non-hydrogen) atoms. The van der Waals surface area contributed by atoms with E-state index in [0.29, 0.717) is 18.9 Å². The number of nitrogens with zero attached hydrogens (tertiary/aromatic N) is 5. The van der Waals surface area contributed by atoms with E-state index in [9.17, 15) is 4.79 Å². The molecule has 8 heteroatoms. The number of aromatic nitrogens is 4. The Bertz CT molecular complexity index is 915. The van der Waals surface area contributed by atoms with Gasteiger partial charge in [-0.2, -0.15) is 9.50 Å². The summed E-state index contributed by atoms with van der Waals surface area (Å²) in [7, 11) is 0. The molecule has 0 atom stereocenters. The van der Waals surface area contributed by atoms with Crippen LogP contribution in [-0.4, -0.2) is 36.9 Å². The fourth-order valence-corrected chi connectivity index (χ4v) is 3.46. The van der Waals surface area contributed by atoms with Crippen molar-refractivity contribution in [2.45, 2.75) is 26.8 Å². The number of hydrogen-bond donors (Lipinski definition) is 1. The smallest absolute Gasteiger partial charge is 0.254 e. The highest BCUT2D eigenvalue weighted by Crippen LogP contribution is 2.18. The predicted molar refractivity (Wildman–Crippen MR) is 98.3 cm³/mol. The first-order valence-corrected chi connectivity index (χ1v) is 8.77. The highest BCUT2D eigenvalue weighted by Gasteiger charge is 2.19. The third-order valence-electron chi connectivity index (χ3n) is 4.02. The molecule has 0 aliphatic rings. The number of nitrogens with two attached hydrogens (primary N) is 1. The van der Waals surface area contributed by atoms with Gasteiger partial charge in [0.2, 0.25) is 11.9 Å². The van der Waals surface area contributed by atoms with Gasteiger partial charge in [0.05, 0.1) is 13.0 Å². The summed E-state index contributed by atoms with van der Waals surface area (Å²) >= 11 is 1.63. The van der Waals surface area contributed by atoms with E-state index in [-0.39, 0.29) is 18.3 Å². The molecular weight excluding hydrogens is 336 g/mol. The highest BCUT2D eigenvalue weighted by atomic mass is 32.1. The molecule has 0 unspecified atom stereocenters. The second-order valence-electron chi connectivity index (χ2n) is 5.76. The van der Waals surface area contributed by atoms with Crippen LogP contribution in [0.2, 0.25) is 0 Å². The minimum atomic E-state index is 0.0220. The zero-order valence-electron chi connectivity index (χ0n) is 14.3. The molecule has 3 aromatic rings. The number of hydrogen-bond acceptors (Lipinski definition) is 6. The summed E-state index contributed by atoms with van der Waals surface area (Å²) in [6.45, 7) is 8.61. The summed E-state index contributed by atoms with van der Waals surface area (Å²) in [4.78, 5) is 24.3. The molecule has 0 fully saturated rings. The zero-order chi connectivity index (χ0) is 18.0. The maximum Gasteiger partial charge on any atom is 0.254 e. The SMILES string of the molecule is C=CCN(Cc1cccs1)C(=O)Cc1c(C)nc2nc(N)nn2c1C. The number of rotatable bonds is 6. The molecule has 7 nitrogen and oxygen atoms in total. The number of amides is 1. The molecule has 0 aliphatic heterocycles. The maximum atomic E-state index is 12.9. The molecule has 0 saturated carbocycles. The van der Waals surface area contributed by atoms with E-state index in [1.165, 1.54) is 0 Å². The van der Waals surface area contributed by atoms with E-state index in [0.717, 1.165) is 21.8 Å². The number of thiophene rings is 1. The van der Waals surface area contributed by atoms with E-state index in [4.69, 9.17) is 5.73 Å². The van der Waals surface area contributed by atoms with Crippen LogP contribution in [-0.2, 0) is 17.8 Å². The molecule has 0 radical (unpaired) electrons. The monoisotopic (exact) mass is 356 g/mol. The number of fused-ring (bicyclic) bond motifs is 1. The largest absolute Gasteiger partial charge is 0.366 e. The van der Waals surface area contributed by atoms with Gasteiger partial charge in [-0.3, -0.25) is 4.79 Å². The normalized spacial score (nSPS) is 11.0. The first-order valence-electron chi connectivity index (χ1n) is 7.89. The molecule has 0 saturated heterocycles. The molecule has 3 rings (SSSR count). The van der Waals surface area contributed by atoms with Crippen molar-refractivity contribution in [2.75, 3.05) is 12.3 Å². The van der Waals surface area contributed by atoms with Crippen LogP contribution in [0.1, 0.15) is 21.8 Å². The topological polar surface area (TPSA) is 89.4 Å². The lowest BCUT2D eigenvalue weighted by atomic mass is 10.1. The average molecular weight is 356 g/mol. The third kappa shape index (κ3) is 3.53. The Labute approximate surface area is 149 Å². The van der Waals surface area contributed by atoms with Gasteiger partial charge in [-0.1, -0.05) is 12.1 Å². The first-order chi connectivity index (χ1) is 12.0. The molecule has 2 N–H and O–H groups in total. The molecule has 1 amide bonds. The van der Waals surface area contributed by atoms with Crippen LogP contribution < -0.4 is 5.73 Å². The van der Waals surface area contributed by atoms with Gasteiger partial charge in [-0.05, 0) is 25.3 Å².